The third-order valence-corrected chi connectivity index (χ3v) is 3.64. The number of rotatable bonds is 8. The average Bonchev–Trinajstić information content (AvgIpc) is 2.51. The second-order valence-electron chi connectivity index (χ2n) is 4.94. The molecule has 114 valence electrons. The van der Waals surface area contributed by atoms with Gasteiger partial charge in [0, 0.05) is 24.2 Å². The molecule has 1 atom stereocenters. The van der Waals surface area contributed by atoms with Crippen molar-refractivity contribution in [1.29, 1.82) is 0 Å². The standard InChI is InChI=1S/C15H25NO4/c1-6-15(2,10-17)16-9-12-13(19-4)7-11(18-3)8-14(12)20-5/h7-8,16-17H,6,9-10H2,1-5H3. The summed E-state index contributed by atoms with van der Waals surface area (Å²) in [5.41, 5.74) is 0.583. The van der Waals surface area contributed by atoms with E-state index in [0.717, 1.165) is 12.0 Å². The second kappa shape index (κ2) is 7.36. The van der Waals surface area contributed by atoms with Crippen molar-refractivity contribution < 1.29 is 19.3 Å². The number of ether oxygens (including phenoxy) is 3. The molecule has 0 amide bonds. The maximum atomic E-state index is 9.45. The Bertz CT molecular complexity index is 405. The number of nitrogens with one attached hydrogen (secondary N) is 1. The predicted octanol–water partition coefficient (Wildman–Crippen LogP) is 1.96. The van der Waals surface area contributed by atoms with Crippen molar-refractivity contribution in [3.05, 3.63) is 17.7 Å². The van der Waals surface area contributed by atoms with Gasteiger partial charge in [-0.15, -0.1) is 0 Å². The summed E-state index contributed by atoms with van der Waals surface area (Å²) in [4.78, 5) is 0. The highest BCUT2D eigenvalue weighted by atomic mass is 16.5. The van der Waals surface area contributed by atoms with Crippen LogP contribution in [0.4, 0.5) is 0 Å². The van der Waals surface area contributed by atoms with Crippen molar-refractivity contribution in [1.82, 2.24) is 5.32 Å². The Morgan fingerprint density at radius 3 is 2.00 bits per heavy atom. The zero-order valence-electron chi connectivity index (χ0n) is 12.9. The van der Waals surface area contributed by atoms with Gasteiger partial charge in [-0.2, -0.15) is 0 Å². The van der Waals surface area contributed by atoms with Crippen LogP contribution in [0.25, 0.3) is 0 Å². The van der Waals surface area contributed by atoms with E-state index in [1.54, 1.807) is 21.3 Å². The topological polar surface area (TPSA) is 60.0 Å². The van der Waals surface area contributed by atoms with E-state index in [1.165, 1.54) is 0 Å². The number of benzene rings is 1. The lowest BCUT2D eigenvalue weighted by atomic mass is 9.99. The van der Waals surface area contributed by atoms with E-state index in [4.69, 9.17) is 14.2 Å². The van der Waals surface area contributed by atoms with Gasteiger partial charge in [0.25, 0.3) is 0 Å². The van der Waals surface area contributed by atoms with Crippen molar-refractivity contribution in [2.75, 3.05) is 27.9 Å². The Morgan fingerprint density at radius 1 is 1.10 bits per heavy atom. The van der Waals surface area contributed by atoms with E-state index in [9.17, 15) is 5.11 Å². The van der Waals surface area contributed by atoms with Crippen LogP contribution < -0.4 is 19.5 Å². The summed E-state index contributed by atoms with van der Waals surface area (Å²) in [6.45, 7) is 4.63. The highest BCUT2D eigenvalue weighted by Gasteiger charge is 2.22. The molecule has 1 aromatic carbocycles. The molecule has 1 aromatic rings. The van der Waals surface area contributed by atoms with Gasteiger partial charge in [0.2, 0.25) is 0 Å². The molecule has 0 aliphatic carbocycles. The van der Waals surface area contributed by atoms with Crippen molar-refractivity contribution in [2.45, 2.75) is 32.4 Å². The smallest absolute Gasteiger partial charge is 0.130 e. The van der Waals surface area contributed by atoms with E-state index in [-0.39, 0.29) is 12.1 Å². The van der Waals surface area contributed by atoms with Crippen molar-refractivity contribution in [2.24, 2.45) is 0 Å². The molecule has 0 saturated carbocycles. The summed E-state index contributed by atoms with van der Waals surface area (Å²) < 4.78 is 16.0. The lowest BCUT2D eigenvalue weighted by molar-refractivity contribution is 0.168. The number of hydrogen-bond donors (Lipinski definition) is 2. The lowest BCUT2D eigenvalue weighted by Crippen LogP contribution is -2.44. The van der Waals surface area contributed by atoms with E-state index in [0.29, 0.717) is 23.8 Å². The molecule has 5 nitrogen and oxygen atoms in total. The van der Waals surface area contributed by atoms with Crippen LogP contribution in [-0.2, 0) is 6.54 Å². The number of aliphatic hydroxyl groups excluding tert-OH is 1. The molecule has 5 heteroatoms. The maximum absolute atomic E-state index is 9.45. The lowest BCUT2D eigenvalue weighted by Gasteiger charge is -2.28. The molecule has 0 radical (unpaired) electrons. The van der Waals surface area contributed by atoms with Crippen LogP contribution >= 0.6 is 0 Å². The van der Waals surface area contributed by atoms with Crippen LogP contribution in [-0.4, -0.2) is 38.6 Å². The summed E-state index contributed by atoms with van der Waals surface area (Å²) in [7, 11) is 4.83. The SMILES string of the molecule is CCC(C)(CO)NCc1c(OC)cc(OC)cc1OC. The largest absolute Gasteiger partial charge is 0.496 e. The molecule has 0 bridgehead atoms. The minimum Gasteiger partial charge on any atom is -0.496 e. The van der Waals surface area contributed by atoms with E-state index < -0.39 is 0 Å². The van der Waals surface area contributed by atoms with Gasteiger partial charge < -0.3 is 24.6 Å². The molecule has 1 unspecified atom stereocenters. The fourth-order valence-corrected chi connectivity index (χ4v) is 1.85. The van der Waals surface area contributed by atoms with Crippen molar-refractivity contribution >= 4 is 0 Å². The molecular formula is C15H25NO4. The van der Waals surface area contributed by atoms with Gasteiger partial charge in [-0.1, -0.05) is 6.92 Å². The van der Waals surface area contributed by atoms with Gasteiger partial charge in [0.15, 0.2) is 0 Å². The van der Waals surface area contributed by atoms with E-state index in [2.05, 4.69) is 5.32 Å². The van der Waals surface area contributed by atoms with Crippen LogP contribution in [0.1, 0.15) is 25.8 Å². The average molecular weight is 283 g/mol. The first-order valence-corrected chi connectivity index (χ1v) is 6.68. The summed E-state index contributed by atoms with van der Waals surface area (Å²) >= 11 is 0. The molecule has 2 N–H and O–H groups in total. The highest BCUT2D eigenvalue weighted by Crippen LogP contribution is 2.34. The van der Waals surface area contributed by atoms with Gasteiger partial charge in [-0.25, -0.2) is 0 Å². The fourth-order valence-electron chi connectivity index (χ4n) is 1.85. The van der Waals surface area contributed by atoms with Crippen LogP contribution in [0.2, 0.25) is 0 Å². The summed E-state index contributed by atoms with van der Waals surface area (Å²) in [6.07, 6.45) is 0.824. The molecule has 0 saturated heterocycles. The van der Waals surface area contributed by atoms with Gasteiger partial charge in [0.05, 0.1) is 33.5 Å². The molecule has 0 spiro atoms. The Balaban J connectivity index is 3.04. The maximum Gasteiger partial charge on any atom is 0.130 e. The Labute approximate surface area is 120 Å². The van der Waals surface area contributed by atoms with Gasteiger partial charge >= 0.3 is 0 Å². The molecule has 0 heterocycles. The van der Waals surface area contributed by atoms with Crippen LogP contribution in [0, 0.1) is 0 Å². The monoisotopic (exact) mass is 283 g/mol. The van der Waals surface area contributed by atoms with E-state index in [1.807, 2.05) is 26.0 Å². The zero-order valence-corrected chi connectivity index (χ0v) is 12.9. The second-order valence-corrected chi connectivity index (χ2v) is 4.94. The minimum atomic E-state index is -0.323. The highest BCUT2D eigenvalue weighted by molar-refractivity contribution is 5.50. The van der Waals surface area contributed by atoms with Gasteiger partial charge in [0.1, 0.15) is 17.2 Å². The first-order chi connectivity index (χ1) is 9.53. The van der Waals surface area contributed by atoms with Crippen LogP contribution in [0.3, 0.4) is 0 Å². The zero-order chi connectivity index (χ0) is 15.2. The Hall–Kier alpha value is -1.46. The first-order valence-electron chi connectivity index (χ1n) is 6.68. The number of hydrogen-bond acceptors (Lipinski definition) is 5. The van der Waals surface area contributed by atoms with Gasteiger partial charge in [-0.05, 0) is 13.3 Å². The fraction of sp³-hybridized carbons (Fsp3) is 0.600. The molecular weight excluding hydrogens is 258 g/mol. The van der Waals surface area contributed by atoms with Gasteiger partial charge in [-0.3, -0.25) is 0 Å². The van der Waals surface area contributed by atoms with Crippen LogP contribution in [0.5, 0.6) is 17.2 Å². The quantitative estimate of drug-likeness (QED) is 0.764. The van der Waals surface area contributed by atoms with Crippen molar-refractivity contribution in [3.63, 3.8) is 0 Å². The third kappa shape index (κ3) is 3.77. The molecule has 0 aliphatic heterocycles. The minimum absolute atomic E-state index is 0.0737. The van der Waals surface area contributed by atoms with E-state index >= 15 is 0 Å². The number of aliphatic hydroxyl groups is 1. The normalized spacial score (nSPS) is 13.7. The Morgan fingerprint density at radius 2 is 1.65 bits per heavy atom. The number of methoxy groups -OCH3 is 3. The molecule has 20 heavy (non-hydrogen) atoms. The predicted molar refractivity (Wildman–Crippen MR) is 78.7 cm³/mol. The van der Waals surface area contributed by atoms with Crippen molar-refractivity contribution in [3.8, 4) is 17.2 Å². The summed E-state index contributed by atoms with van der Waals surface area (Å²) in [5.74, 6) is 2.08. The Kier molecular flexibility index (Phi) is 6.10. The van der Waals surface area contributed by atoms with Crippen LogP contribution in [0.15, 0.2) is 12.1 Å². The summed E-state index contributed by atoms with van der Waals surface area (Å²) in [6, 6.07) is 3.64. The molecule has 1 rings (SSSR count). The molecule has 0 aliphatic rings. The third-order valence-electron chi connectivity index (χ3n) is 3.64. The molecule has 0 aromatic heterocycles. The summed E-state index contributed by atoms with van der Waals surface area (Å²) in [5, 5.41) is 12.8. The molecule has 0 fully saturated rings. The first kappa shape index (κ1) is 16.6.